The molecule has 0 atom stereocenters. The molecule has 0 radical (unpaired) electrons. The summed E-state index contributed by atoms with van der Waals surface area (Å²) in [5.41, 5.74) is 1.56. The van der Waals surface area contributed by atoms with Crippen molar-refractivity contribution in [2.75, 3.05) is 19.5 Å². The molecule has 0 spiro atoms. The molecule has 0 aliphatic heterocycles. The second kappa shape index (κ2) is 7.13. The predicted octanol–water partition coefficient (Wildman–Crippen LogP) is 3.65. The molecule has 5 heteroatoms. The first kappa shape index (κ1) is 15.4. The van der Waals surface area contributed by atoms with E-state index in [1.807, 2.05) is 36.4 Å². The van der Waals surface area contributed by atoms with E-state index in [0.29, 0.717) is 17.9 Å². The number of halogens is 1. The minimum atomic E-state index is -0.100. The second-order valence-electron chi connectivity index (χ2n) is 4.42. The van der Waals surface area contributed by atoms with Gasteiger partial charge in [-0.05, 0) is 35.9 Å². The zero-order valence-electron chi connectivity index (χ0n) is 11.9. The van der Waals surface area contributed by atoms with Crippen molar-refractivity contribution in [2.24, 2.45) is 0 Å². The van der Waals surface area contributed by atoms with Crippen molar-refractivity contribution in [3.05, 3.63) is 52.5 Å². The van der Waals surface area contributed by atoms with Crippen LogP contribution < -0.4 is 14.8 Å². The third-order valence-corrected chi connectivity index (χ3v) is 3.45. The van der Waals surface area contributed by atoms with Crippen LogP contribution in [0.4, 0.5) is 5.69 Å². The van der Waals surface area contributed by atoms with E-state index in [4.69, 9.17) is 9.47 Å². The lowest BCUT2D eigenvalue weighted by Gasteiger charge is -2.11. The van der Waals surface area contributed by atoms with Crippen LogP contribution >= 0.6 is 15.9 Å². The van der Waals surface area contributed by atoms with Crippen LogP contribution in [0.3, 0.4) is 0 Å². The topological polar surface area (TPSA) is 47.6 Å². The highest BCUT2D eigenvalue weighted by atomic mass is 79.9. The van der Waals surface area contributed by atoms with E-state index < -0.39 is 0 Å². The van der Waals surface area contributed by atoms with Crippen molar-refractivity contribution >= 4 is 27.5 Å². The third kappa shape index (κ3) is 4.23. The number of methoxy groups -OCH3 is 2. The van der Waals surface area contributed by atoms with Gasteiger partial charge in [-0.1, -0.05) is 28.1 Å². The Morgan fingerprint density at radius 1 is 1.10 bits per heavy atom. The van der Waals surface area contributed by atoms with Crippen molar-refractivity contribution in [3.63, 3.8) is 0 Å². The fourth-order valence-electron chi connectivity index (χ4n) is 1.90. The van der Waals surface area contributed by atoms with Crippen molar-refractivity contribution < 1.29 is 14.3 Å². The lowest BCUT2D eigenvalue weighted by molar-refractivity contribution is -0.115. The van der Waals surface area contributed by atoms with Crippen LogP contribution in [-0.4, -0.2) is 20.1 Å². The Bertz CT molecular complexity index is 626. The second-order valence-corrected chi connectivity index (χ2v) is 5.33. The first-order chi connectivity index (χ1) is 10.1. The Morgan fingerprint density at radius 3 is 2.43 bits per heavy atom. The Hall–Kier alpha value is -2.01. The molecule has 2 aromatic carbocycles. The molecule has 21 heavy (non-hydrogen) atoms. The summed E-state index contributed by atoms with van der Waals surface area (Å²) < 4.78 is 11.2. The Kier molecular flexibility index (Phi) is 5.22. The van der Waals surface area contributed by atoms with Gasteiger partial charge in [0.05, 0.1) is 26.3 Å². The lowest BCUT2D eigenvalue weighted by Crippen LogP contribution is -2.15. The van der Waals surface area contributed by atoms with Gasteiger partial charge in [-0.15, -0.1) is 0 Å². The molecule has 110 valence electrons. The molecule has 0 bridgehead atoms. The van der Waals surface area contributed by atoms with Gasteiger partial charge in [0.2, 0.25) is 5.91 Å². The maximum Gasteiger partial charge on any atom is 0.228 e. The molecule has 0 saturated heterocycles. The fourth-order valence-corrected chi connectivity index (χ4v) is 2.26. The van der Waals surface area contributed by atoms with Gasteiger partial charge in [0, 0.05) is 4.47 Å². The summed E-state index contributed by atoms with van der Waals surface area (Å²) in [6, 6.07) is 12.9. The molecular formula is C16H16BrNO3. The molecule has 0 aliphatic rings. The zero-order valence-corrected chi connectivity index (χ0v) is 13.4. The summed E-state index contributed by atoms with van der Waals surface area (Å²) in [5.74, 6) is 1.30. The first-order valence-corrected chi connectivity index (χ1v) is 7.18. The highest BCUT2D eigenvalue weighted by Crippen LogP contribution is 2.28. The van der Waals surface area contributed by atoms with Crippen LogP contribution in [0.1, 0.15) is 5.56 Å². The normalized spacial score (nSPS) is 10.0. The molecule has 1 N–H and O–H groups in total. The van der Waals surface area contributed by atoms with Gasteiger partial charge < -0.3 is 14.8 Å². The molecule has 0 heterocycles. The molecule has 0 aromatic heterocycles. The number of ether oxygens (including phenoxy) is 2. The van der Waals surface area contributed by atoms with E-state index in [2.05, 4.69) is 21.2 Å². The summed E-state index contributed by atoms with van der Waals surface area (Å²) in [6.45, 7) is 0. The van der Waals surface area contributed by atoms with E-state index in [-0.39, 0.29) is 5.91 Å². The smallest absolute Gasteiger partial charge is 0.228 e. The monoisotopic (exact) mass is 349 g/mol. The number of hydrogen-bond acceptors (Lipinski definition) is 3. The van der Waals surface area contributed by atoms with Gasteiger partial charge in [0.25, 0.3) is 0 Å². The van der Waals surface area contributed by atoms with Gasteiger partial charge in [-0.25, -0.2) is 0 Å². The lowest BCUT2D eigenvalue weighted by atomic mass is 10.1. The molecule has 2 rings (SSSR count). The number of nitrogens with one attached hydrogen (secondary N) is 1. The number of carbonyl (C=O) groups is 1. The largest absolute Gasteiger partial charge is 0.497 e. The summed E-state index contributed by atoms with van der Waals surface area (Å²) in [6.07, 6.45) is 0.291. The van der Waals surface area contributed by atoms with Crippen LogP contribution in [0.5, 0.6) is 11.5 Å². The zero-order chi connectivity index (χ0) is 15.2. The number of amides is 1. The van der Waals surface area contributed by atoms with Crippen molar-refractivity contribution in [2.45, 2.75) is 6.42 Å². The fraction of sp³-hybridized carbons (Fsp3) is 0.188. The van der Waals surface area contributed by atoms with E-state index in [0.717, 1.165) is 15.8 Å². The van der Waals surface area contributed by atoms with E-state index in [1.165, 1.54) is 0 Å². The van der Waals surface area contributed by atoms with Crippen LogP contribution in [0.15, 0.2) is 46.9 Å². The van der Waals surface area contributed by atoms with Crippen molar-refractivity contribution in [3.8, 4) is 11.5 Å². The minimum Gasteiger partial charge on any atom is -0.497 e. The van der Waals surface area contributed by atoms with Gasteiger partial charge in [-0.3, -0.25) is 4.79 Å². The molecule has 0 fully saturated rings. The number of anilines is 1. The Morgan fingerprint density at radius 2 is 1.81 bits per heavy atom. The minimum absolute atomic E-state index is 0.100. The first-order valence-electron chi connectivity index (χ1n) is 6.38. The van der Waals surface area contributed by atoms with E-state index >= 15 is 0 Å². The molecule has 0 aliphatic carbocycles. The Labute approximate surface area is 132 Å². The molecule has 2 aromatic rings. The Balaban J connectivity index is 2.05. The van der Waals surface area contributed by atoms with Crippen LogP contribution in [-0.2, 0) is 11.2 Å². The molecule has 4 nitrogen and oxygen atoms in total. The summed E-state index contributed by atoms with van der Waals surface area (Å²) >= 11 is 3.38. The maximum atomic E-state index is 12.1. The summed E-state index contributed by atoms with van der Waals surface area (Å²) in [7, 11) is 3.18. The van der Waals surface area contributed by atoms with Gasteiger partial charge >= 0.3 is 0 Å². The highest BCUT2D eigenvalue weighted by Gasteiger charge is 2.09. The summed E-state index contributed by atoms with van der Waals surface area (Å²) in [4.78, 5) is 12.1. The van der Waals surface area contributed by atoms with Crippen molar-refractivity contribution in [1.82, 2.24) is 0 Å². The standard InChI is InChI=1S/C16H16BrNO3/c1-20-13-6-3-11(4-7-13)9-16(19)18-14-10-12(17)5-8-15(14)21-2/h3-8,10H,9H2,1-2H3,(H,18,19). The number of hydrogen-bond donors (Lipinski definition) is 1. The van der Waals surface area contributed by atoms with Crippen LogP contribution in [0, 0.1) is 0 Å². The average molecular weight is 350 g/mol. The number of carbonyl (C=O) groups excluding carboxylic acids is 1. The van der Waals surface area contributed by atoms with Gasteiger partial charge in [0.1, 0.15) is 11.5 Å². The SMILES string of the molecule is COc1ccc(CC(=O)Nc2cc(Br)ccc2OC)cc1. The maximum absolute atomic E-state index is 12.1. The molecule has 1 amide bonds. The van der Waals surface area contributed by atoms with Gasteiger partial charge in [-0.2, -0.15) is 0 Å². The van der Waals surface area contributed by atoms with Gasteiger partial charge in [0.15, 0.2) is 0 Å². The van der Waals surface area contributed by atoms with Crippen molar-refractivity contribution in [1.29, 1.82) is 0 Å². The van der Waals surface area contributed by atoms with Crippen LogP contribution in [0.25, 0.3) is 0 Å². The quantitative estimate of drug-likeness (QED) is 0.896. The van der Waals surface area contributed by atoms with E-state index in [1.54, 1.807) is 20.3 Å². The molecular weight excluding hydrogens is 334 g/mol. The highest BCUT2D eigenvalue weighted by molar-refractivity contribution is 9.10. The number of rotatable bonds is 5. The summed E-state index contributed by atoms with van der Waals surface area (Å²) in [5, 5.41) is 2.85. The molecule has 0 saturated carbocycles. The van der Waals surface area contributed by atoms with Crippen LogP contribution in [0.2, 0.25) is 0 Å². The predicted molar refractivity (Wildman–Crippen MR) is 86.0 cm³/mol. The van der Waals surface area contributed by atoms with E-state index in [9.17, 15) is 4.79 Å². The number of benzene rings is 2. The third-order valence-electron chi connectivity index (χ3n) is 2.96. The average Bonchev–Trinajstić information content (AvgIpc) is 2.48. The molecule has 0 unspecified atom stereocenters.